The van der Waals surface area contributed by atoms with E-state index < -0.39 is 11.1 Å². The second kappa shape index (κ2) is 6.81. The third-order valence-corrected chi connectivity index (χ3v) is 5.46. The number of aromatic nitrogens is 2. The van der Waals surface area contributed by atoms with Crippen molar-refractivity contribution in [3.05, 3.63) is 73.2 Å². The maximum atomic E-state index is 12.6. The highest BCUT2D eigenvalue weighted by atomic mass is 79.9. The van der Waals surface area contributed by atoms with E-state index in [2.05, 4.69) is 33.2 Å². The fourth-order valence-corrected chi connectivity index (χ4v) is 4.33. The predicted octanol–water partition coefficient (Wildman–Crippen LogP) is 3.53. The van der Waals surface area contributed by atoms with Gasteiger partial charge in [0.05, 0.1) is 11.0 Å². The molecule has 0 fully saturated rings. The molecule has 1 aliphatic rings. The van der Waals surface area contributed by atoms with Gasteiger partial charge < -0.3 is 10.3 Å². The Hall–Kier alpha value is -2.67. The Morgan fingerprint density at radius 3 is 2.74 bits per heavy atom. The maximum absolute atomic E-state index is 12.6. The van der Waals surface area contributed by atoms with Crippen LogP contribution in [0.5, 0.6) is 0 Å². The first-order valence-electron chi connectivity index (χ1n) is 8.77. The van der Waals surface area contributed by atoms with E-state index in [1.165, 1.54) is 4.57 Å². The van der Waals surface area contributed by atoms with Crippen LogP contribution in [0.25, 0.3) is 11.0 Å². The zero-order valence-electron chi connectivity index (χ0n) is 14.7. The van der Waals surface area contributed by atoms with Gasteiger partial charge in [0.2, 0.25) is 5.91 Å². The first-order chi connectivity index (χ1) is 12.9. The molecule has 2 heterocycles. The molecule has 0 saturated carbocycles. The number of aromatic amines is 1. The molecule has 0 aliphatic carbocycles. The largest absolute Gasteiger partial charge is 0.326 e. The lowest BCUT2D eigenvalue weighted by molar-refractivity contribution is -0.117. The maximum Gasteiger partial charge on any atom is 0.317 e. The molecule has 3 aromatic rings. The fourth-order valence-electron chi connectivity index (χ4n) is 3.86. The van der Waals surface area contributed by atoms with Gasteiger partial charge in [-0.05, 0) is 42.2 Å². The van der Waals surface area contributed by atoms with Crippen molar-refractivity contribution in [1.29, 1.82) is 0 Å². The van der Waals surface area contributed by atoms with Crippen molar-refractivity contribution < 1.29 is 4.79 Å². The topological polar surface area (TPSA) is 84.0 Å². The Kier molecular flexibility index (Phi) is 4.47. The van der Waals surface area contributed by atoms with E-state index in [1.807, 2.05) is 36.4 Å². The quantitative estimate of drug-likeness (QED) is 0.627. The fraction of sp³-hybridized carbons (Fsp3) is 0.250. The number of amides is 1. The van der Waals surface area contributed by atoms with Crippen molar-refractivity contribution >= 4 is 38.6 Å². The molecule has 7 heteroatoms. The van der Waals surface area contributed by atoms with Crippen molar-refractivity contribution in [1.82, 2.24) is 9.55 Å². The number of halogens is 1. The number of nitrogens with one attached hydrogen (secondary N) is 2. The van der Waals surface area contributed by atoms with E-state index in [1.54, 1.807) is 6.07 Å². The predicted molar refractivity (Wildman–Crippen MR) is 108 cm³/mol. The molecule has 0 saturated heterocycles. The number of H-pyrrole nitrogens is 1. The van der Waals surface area contributed by atoms with Crippen molar-refractivity contribution in [3.63, 3.8) is 0 Å². The minimum atomic E-state index is -0.672. The van der Waals surface area contributed by atoms with E-state index in [0.717, 1.165) is 10.0 Å². The molecular formula is C20H18BrN3O3. The summed E-state index contributed by atoms with van der Waals surface area (Å²) in [6, 6.07) is 12.6. The van der Waals surface area contributed by atoms with Gasteiger partial charge in [-0.2, -0.15) is 0 Å². The Morgan fingerprint density at radius 1 is 1.26 bits per heavy atom. The number of carbonyl (C=O) groups excluding carboxylic acids is 1. The number of carbonyl (C=O) groups is 1. The molecule has 138 valence electrons. The van der Waals surface area contributed by atoms with Crippen LogP contribution in [0.1, 0.15) is 37.3 Å². The van der Waals surface area contributed by atoms with Crippen LogP contribution in [-0.4, -0.2) is 15.5 Å². The van der Waals surface area contributed by atoms with Crippen LogP contribution in [-0.2, 0) is 4.79 Å². The van der Waals surface area contributed by atoms with Crippen LogP contribution in [0.15, 0.2) is 56.5 Å². The van der Waals surface area contributed by atoms with Crippen molar-refractivity contribution in [2.75, 3.05) is 5.32 Å². The normalized spacial score (nSPS) is 18.4. The minimum absolute atomic E-state index is 0.132. The first-order valence-corrected chi connectivity index (χ1v) is 9.56. The van der Waals surface area contributed by atoms with Gasteiger partial charge in [0.25, 0.3) is 0 Å². The summed E-state index contributed by atoms with van der Waals surface area (Å²) in [5, 5.41) is 2.86. The van der Waals surface area contributed by atoms with Gasteiger partial charge in [0.1, 0.15) is 0 Å². The summed E-state index contributed by atoms with van der Waals surface area (Å²) >= 11 is 3.46. The number of anilines is 1. The Balaban J connectivity index is 1.77. The summed E-state index contributed by atoms with van der Waals surface area (Å²) in [6.07, 6.45) is 0.747. The van der Waals surface area contributed by atoms with Crippen LogP contribution in [0.4, 0.5) is 5.69 Å². The molecule has 27 heavy (non-hydrogen) atoms. The zero-order chi connectivity index (χ0) is 19.1. The smallest absolute Gasteiger partial charge is 0.317 e. The summed E-state index contributed by atoms with van der Waals surface area (Å²) < 4.78 is 2.35. The molecule has 2 N–H and O–H groups in total. The lowest BCUT2D eigenvalue weighted by Crippen LogP contribution is -2.41. The number of nitrogens with zero attached hydrogens (tertiary/aromatic N) is 1. The van der Waals surface area contributed by atoms with Crippen molar-refractivity contribution in [3.8, 4) is 0 Å². The van der Waals surface area contributed by atoms with Crippen LogP contribution in [0.3, 0.4) is 0 Å². The standard InChI is InChI=1S/C20H18BrN3O3/c1-11-7-14(10-17(25)22-13-5-3-2-4-6-13)24-18-15(11)8-12(21)9-16(18)23-19(26)20(24)27/h2-6,8-9,11,14H,7,10H2,1H3,(H,22,25)(H,23,26)/t11-,14-/m1/s1. The Morgan fingerprint density at radius 2 is 2.00 bits per heavy atom. The zero-order valence-corrected chi connectivity index (χ0v) is 16.2. The van der Waals surface area contributed by atoms with Crippen LogP contribution in [0.2, 0.25) is 0 Å². The molecule has 1 amide bonds. The third kappa shape index (κ3) is 3.23. The lowest BCUT2D eigenvalue weighted by Gasteiger charge is -2.31. The summed E-state index contributed by atoms with van der Waals surface area (Å²) in [6.45, 7) is 2.07. The molecule has 1 aromatic heterocycles. The number of rotatable bonds is 3. The average molecular weight is 428 g/mol. The van der Waals surface area contributed by atoms with E-state index in [4.69, 9.17) is 0 Å². The van der Waals surface area contributed by atoms with E-state index in [9.17, 15) is 14.4 Å². The van der Waals surface area contributed by atoms with Gasteiger partial charge in [-0.1, -0.05) is 41.1 Å². The number of benzene rings is 2. The number of hydrogen-bond acceptors (Lipinski definition) is 3. The summed E-state index contributed by atoms with van der Waals surface area (Å²) in [4.78, 5) is 40.0. The highest BCUT2D eigenvalue weighted by Gasteiger charge is 2.30. The Labute approximate surface area is 163 Å². The monoisotopic (exact) mass is 427 g/mol. The molecule has 0 spiro atoms. The molecule has 6 nitrogen and oxygen atoms in total. The molecular weight excluding hydrogens is 410 g/mol. The van der Waals surface area contributed by atoms with E-state index in [0.29, 0.717) is 23.1 Å². The summed E-state index contributed by atoms with van der Waals surface area (Å²) in [5.41, 5.74) is 1.72. The van der Waals surface area contributed by atoms with Crippen LogP contribution in [0, 0.1) is 0 Å². The molecule has 2 aromatic carbocycles. The summed E-state index contributed by atoms with van der Waals surface area (Å²) in [7, 11) is 0. The highest BCUT2D eigenvalue weighted by molar-refractivity contribution is 9.10. The van der Waals surface area contributed by atoms with E-state index >= 15 is 0 Å². The van der Waals surface area contributed by atoms with Gasteiger partial charge in [-0.3, -0.25) is 19.0 Å². The average Bonchev–Trinajstić information content (AvgIpc) is 2.62. The Bertz CT molecular complexity index is 1150. The molecule has 1 aliphatic heterocycles. The van der Waals surface area contributed by atoms with Gasteiger partial charge >= 0.3 is 11.1 Å². The summed E-state index contributed by atoms with van der Waals surface area (Å²) in [5.74, 6) is -0.0240. The second-order valence-corrected chi connectivity index (χ2v) is 7.85. The number of para-hydroxylation sites is 1. The van der Waals surface area contributed by atoms with Crippen LogP contribution < -0.4 is 16.4 Å². The van der Waals surface area contributed by atoms with Gasteiger partial charge in [0, 0.05) is 22.6 Å². The first kappa shape index (κ1) is 17.7. The third-order valence-electron chi connectivity index (χ3n) is 5.01. The highest BCUT2D eigenvalue weighted by Crippen LogP contribution is 2.39. The number of hydrogen-bond donors (Lipinski definition) is 2. The van der Waals surface area contributed by atoms with Crippen molar-refractivity contribution in [2.45, 2.75) is 31.7 Å². The SMILES string of the molecule is C[C@@H]1C[C@H](CC(=O)Nc2ccccc2)n2c(=O)c(=O)[nH]c3cc(Br)cc1c32. The minimum Gasteiger partial charge on any atom is -0.326 e. The van der Waals surface area contributed by atoms with Gasteiger partial charge in [-0.25, -0.2) is 0 Å². The molecule has 0 bridgehead atoms. The van der Waals surface area contributed by atoms with Crippen molar-refractivity contribution in [2.24, 2.45) is 0 Å². The van der Waals surface area contributed by atoms with Gasteiger partial charge in [0.15, 0.2) is 0 Å². The molecule has 4 rings (SSSR count). The second-order valence-electron chi connectivity index (χ2n) is 6.93. The lowest BCUT2D eigenvalue weighted by atomic mass is 9.87. The molecule has 2 atom stereocenters. The molecule has 0 radical (unpaired) electrons. The molecule has 0 unspecified atom stereocenters. The van der Waals surface area contributed by atoms with Crippen LogP contribution >= 0.6 is 15.9 Å². The van der Waals surface area contributed by atoms with Gasteiger partial charge in [-0.15, -0.1) is 0 Å². The van der Waals surface area contributed by atoms with E-state index in [-0.39, 0.29) is 24.3 Å².